The molecule has 19 heavy (non-hydrogen) atoms. The van der Waals surface area contributed by atoms with Gasteiger partial charge >= 0.3 is 0 Å². The van der Waals surface area contributed by atoms with Crippen molar-refractivity contribution < 1.29 is 8.42 Å². The van der Waals surface area contributed by atoms with E-state index in [9.17, 15) is 8.42 Å². The molecule has 1 aromatic heterocycles. The summed E-state index contributed by atoms with van der Waals surface area (Å²) < 4.78 is 26.1. The van der Waals surface area contributed by atoms with Crippen molar-refractivity contribution in [3.05, 3.63) is 30.5 Å². The molecule has 1 heterocycles. The van der Waals surface area contributed by atoms with Gasteiger partial charge in [0.1, 0.15) is 0 Å². The summed E-state index contributed by atoms with van der Waals surface area (Å²) in [6.45, 7) is 1.32. The summed E-state index contributed by atoms with van der Waals surface area (Å²) in [4.78, 5) is 4.11. The maximum Gasteiger partial charge on any atom is 0.248 e. The van der Waals surface area contributed by atoms with Crippen molar-refractivity contribution in [1.29, 1.82) is 5.26 Å². The van der Waals surface area contributed by atoms with Crippen LogP contribution < -0.4 is 10.5 Å². The number of nitriles is 1. The van der Waals surface area contributed by atoms with Gasteiger partial charge in [-0.2, -0.15) is 5.26 Å². The van der Waals surface area contributed by atoms with Crippen molar-refractivity contribution in [3.63, 3.8) is 0 Å². The fourth-order valence-corrected chi connectivity index (χ4v) is 2.39. The van der Waals surface area contributed by atoms with E-state index in [1.807, 2.05) is 0 Å². The van der Waals surface area contributed by atoms with Crippen LogP contribution in [-0.2, 0) is 10.0 Å². The SMILES string of the molecule is CC(C#N)S(=O)(=O)Nc1ccc(N)c2ncccc12. The summed E-state index contributed by atoms with van der Waals surface area (Å²) in [6.07, 6.45) is 1.58. The van der Waals surface area contributed by atoms with Gasteiger partial charge in [0, 0.05) is 11.6 Å². The molecule has 1 atom stereocenters. The zero-order chi connectivity index (χ0) is 14.0. The van der Waals surface area contributed by atoms with Crippen LogP contribution in [0.2, 0.25) is 0 Å². The molecule has 1 unspecified atom stereocenters. The molecule has 0 spiro atoms. The molecule has 0 aliphatic carbocycles. The highest BCUT2D eigenvalue weighted by molar-refractivity contribution is 7.93. The first-order valence-corrected chi connectivity index (χ1v) is 7.05. The largest absolute Gasteiger partial charge is 0.397 e. The summed E-state index contributed by atoms with van der Waals surface area (Å²) >= 11 is 0. The molecule has 2 rings (SSSR count). The number of nitrogen functional groups attached to an aromatic ring is 1. The number of aromatic nitrogens is 1. The third-order valence-electron chi connectivity index (χ3n) is 2.70. The Hall–Kier alpha value is -2.33. The van der Waals surface area contributed by atoms with Gasteiger partial charge in [-0.1, -0.05) is 0 Å². The van der Waals surface area contributed by atoms with E-state index in [4.69, 9.17) is 11.0 Å². The number of fused-ring (bicyclic) bond motifs is 1. The molecule has 1 aromatic carbocycles. The number of nitrogens with zero attached hydrogens (tertiary/aromatic N) is 2. The minimum absolute atomic E-state index is 0.361. The Bertz CT molecular complexity index is 765. The molecule has 0 amide bonds. The monoisotopic (exact) mass is 276 g/mol. The zero-order valence-corrected chi connectivity index (χ0v) is 11.0. The van der Waals surface area contributed by atoms with Gasteiger partial charge in [0.2, 0.25) is 10.0 Å². The lowest BCUT2D eigenvalue weighted by Gasteiger charge is -2.12. The van der Waals surface area contributed by atoms with Gasteiger partial charge in [-0.25, -0.2) is 8.42 Å². The standard InChI is InChI=1S/C12H12N4O2S/c1-8(7-13)19(17,18)16-11-5-4-10(14)12-9(11)3-2-6-15-12/h2-6,8,16H,14H2,1H3. The van der Waals surface area contributed by atoms with E-state index in [-0.39, 0.29) is 0 Å². The van der Waals surface area contributed by atoms with Crippen molar-refractivity contribution in [2.24, 2.45) is 0 Å². The highest BCUT2D eigenvalue weighted by atomic mass is 32.2. The third-order valence-corrected chi connectivity index (χ3v) is 4.24. The van der Waals surface area contributed by atoms with Crippen molar-refractivity contribution in [3.8, 4) is 6.07 Å². The molecular formula is C12H12N4O2S. The van der Waals surface area contributed by atoms with Crippen molar-refractivity contribution >= 4 is 32.3 Å². The van der Waals surface area contributed by atoms with Gasteiger partial charge in [0.25, 0.3) is 0 Å². The van der Waals surface area contributed by atoms with Crippen molar-refractivity contribution in [2.45, 2.75) is 12.2 Å². The van der Waals surface area contributed by atoms with Crippen molar-refractivity contribution in [1.82, 2.24) is 4.98 Å². The summed E-state index contributed by atoms with van der Waals surface area (Å²) in [6, 6.07) is 8.23. The number of hydrogen-bond donors (Lipinski definition) is 2. The van der Waals surface area contributed by atoms with E-state index in [0.29, 0.717) is 22.3 Å². The van der Waals surface area contributed by atoms with Crippen LogP contribution in [0.5, 0.6) is 0 Å². The first kappa shape index (κ1) is 13.1. The number of anilines is 2. The number of benzene rings is 1. The summed E-state index contributed by atoms with van der Waals surface area (Å²) in [5, 5.41) is 8.16. The van der Waals surface area contributed by atoms with Gasteiger partial charge in [-0.3, -0.25) is 9.71 Å². The number of hydrogen-bond acceptors (Lipinski definition) is 5. The Morgan fingerprint density at radius 3 is 2.84 bits per heavy atom. The maximum atomic E-state index is 11.9. The first-order chi connectivity index (χ1) is 8.95. The van der Waals surface area contributed by atoms with Crippen LogP contribution in [0.3, 0.4) is 0 Å². The smallest absolute Gasteiger partial charge is 0.248 e. The lowest BCUT2D eigenvalue weighted by Crippen LogP contribution is -2.23. The van der Waals surface area contributed by atoms with E-state index in [1.165, 1.54) is 6.92 Å². The number of sulfonamides is 1. The number of nitrogens with one attached hydrogen (secondary N) is 1. The van der Waals surface area contributed by atoms with E-state index >= 15 is 0 Å². The van der Waals surface area contributed by atoms with Crippen LogP contribution >= 0.6 is 0 Å². The van der Waals surface area contributed by atoms with Crippen molar-refractivity contribution in [2.75, 3.05) is 10.5 Å². The Kier molecular flexibility index (Phi) is 3.27. The molecule has 0 aliphatic heterocycles. The Balaban J connectivity index is 2.54. The second-order valence-corrected chi connectivity index (χ2v) is 6.02. The minimum Gasteiger partial charge on any atom is -0.397 e. The lowest BCUT2D eigenvalue weighted by atomic mass is 10.1. The minimum atomic E-state index is -3.75. The molecule has 2 aromatic rings. The summed E-state index contributed by atoms with van der Waals surface area (Å²) in [5.74, 6) is 0. The summed E-state index contributed by atoms with van der Waals surface area (Å²) in [5.41, 5.74) is 7.13. The Labute approximate surface area is 110 Å². The molecular weight excluding hydrogens is 264 g/mol. The fourth-order valence-electron chi connectivity index (χ4n) is 1.59. The van der Waals surface area contributed by atoms with E-state index in [1.54, 1.807) is 36.5 Å². The second kappa shape index (κ2) is 4.74. The molecule has 0 aliphatic rings. The predicted octanol–water partition coefficient (Wildman–Crippen LogP) is 1.47. The first-order valence-electron chi connectivity index (χ1n) is 5.50. The average Bonchev–Trinajstić information content (AvgIpc) is 2.41. The van der Waals surface area contributed by atoms with Crippen LogP contribution in [0, 0.1) is 11.3 Å². The zero-order valence-electron chi connectivity index (χ0n) is 10.2. The van der Waals surface area contributed by atoms with Gasteiger partial charge in [-0.15, -0.1) is 0 Å². The van der Waals surface area contributed by atoms with Crippen LogP contribution in [0.15, 0.2) is 30.5 Å². The third kappa shape index (κ3) is 2.44. The number of pyridine rings is 1. The fraction of sp³-hybridized carbons (Fsp3) is 0.167. The van der Waals surface area contributed by atoms with Gasteiger partial charge in [-0.05, 0) is 31.2 Å². The normalized spacial score (nSPS) is 12.8. The van der Waals surface area contributed by atoms with Gasteiger partial charge in [0.15, 0.2) is 5.25 Å². The quantitative estimate of drug-likeness (QED) is 0.825. The van der Waals surface area contributed by atoms with Gasteiger partial charge < -0.3 is 5.73 Å². The van der Waals surface area contributed by atoms with Crippen LogP contribution in [0.1, 0.15) is 6.92 Å². The average molecular weight is 276 g/mol. The van der Waals surface area contributed by atoms with E-state index in [0.717, 1.165) is 0 Å². The molecule has 6 nitrogen and oxygen atoms in total. The van der Waals surface area contributed by atoms with Crippen LogP contribution in [0.4, 0.5) is 11.4 Å². The number of rotatable bonds is 3. The molecule has 7 heteroatoms. The molecule has 0 saturated carbocycles. The molecule has 3 N–H and O–H groups in total. The van der Waals surface area contributed by atoms with E-state index < -0.39 is 15.3 Å². The molecule has 0 saturated heterocycles. The predicted molar refractivity (Wildman–Crippen MR) is 73.8 cm³/mol. The van der Waals surface area contributed by atoms with E-state index in [2.05, 4.69) is 9.71 Å². The Morgan fingerprint density at radius 2 is 2.16 bits per heavy atom. The highest BCUT2D eigenvalue weighted by Gasteiger charge is 2.21. The Morgan fingerprint density at radius 1 is 1.42 bits per heavy atom. The van der Waals surface area contributed by atoms with Crippen LogP contribution in [0.25, 0.3) is 10.9 Å². The second-order valence-electron chi connectivity index (χ2n) is 4.02. The molecule has 0 radical (unpaired) electrons. The highest BCUT2D eigenvalue weighted by Crippen LogP contribution is 2.27. The van der Waals surface area contributed by atoms with Gasteiger partial charge in [0.05, 0.1) is 23.0 Å². The molecule has 0 fully saturated rings. The van der Waals surface area contributed by atoms with Crippen LogP contribution in [-0.4, -0.2) is 18.7 Å². The topological polar surface area (TPSA) is 109 Å². The molecule has 0 bridgehead atoms. The lowest BCUT2D eigenvalue weighted by molar-refractivity contribution is 0.597. The maximum absolute atomic E-state index is 11.9. The summed E-state index contributed by atoms with van der Waals surface area (Å²) in [7, 11) is -3.75. The molecule has 98 valence electrons. The number of nitrogens with two attached hydrogens (primary N) is 1.